The number of amides is 2. The van der Waals surface area contributed by atoms with Crippen molar-refractivity contribution >= 4 is 21.8 Å². The van der Waals surface area contributed by atoms with Crippen LogP contribution in [-0.2, 0) is 14.8 Å². The molecule has 1 aromatic rings. The molecule has 120 valence electrons. The van der Waals surface area contributed by atoms with E-state index in [0.29, 0.717) is 0 Å². The summed E-state index contributed by atoms with van der Waals surface area (Å²) in [5.74, 6) is -0.660. The normalized spacial score (nSPS) is 16.4. The minimum Gasteiger partial charge on any atom is -0.354 e. The van der Waals surface area contributed by atoms with Crippen LogP contribution in [-0.4, -0.2) is 50.2 Å². The van der Waals surface area contributed by atoms with Crippen LogP contribution in [0, 0.1) is 0 Å². The summed E-state index contributed by atoms with van der Waals surface area (Å²) in [4.78, 5) is 23.4. The Bertz CT molecular complexity index is 685. The first-order chi connectivity index (χ1) is 10.3. The summed E-state index contributed by atoms with van der Waals surface area (Å²) in [7, 11) is -3.79. The maximum Gasteiger partial charge on any atom is 0.251 e. The minimum atomic E-state index is -3.79. The van der Waals surface area contributed by atoms with Gasteiger partial charge in [-0.15, -0.1) is 0 Å². The first-order valence-corrected chi connectivity index (χ1v) is 8.42. The lowest BCUT2D eigenvalue weighted by atomic mass is 10.2. The van der Waals surface area contributed by atoms with Gasteiger partial charge in [-0.3, -0.25) is 9.59 Å². The SMILES string of the molecule is CC(C)NC(=O)c1cccc(S(=O)(=O)N2CCNC(=O)C2)c1. The Morgan fingerprint density at radius 1 is 1.36 bits per heavy atom. The molecule has 7 nitrogen and oxygen atoms in total. The second-order valence-corrected chi connectivity index (χ2v) is 7.28. The van der Waals surface area contributed by atoms with Gasteiger partial charge in [-0.1, -0.05) is 6.07 Å². The van der Waals surface area contributed by atoms with Gasteiger partial charge in [0.05, 0.1) is 11.4 Å². The van der Waals surface area contributed by atoms with Crippen molar-refractivity contribution < 1.29 is 18.0 Å². The number of hydrogen-bond acceptors (Lipinski definition) is 4. The Hall–Kier alpha value is -1.93. The molecule has 1 aromatic carbocycles. The fourth-order valence-electron chi connectivity index (χ4n) is 2.11. The number of piperazine rings is 1. The third-order valence-corrected chi connectivity index (χ3v) is 5.00. The molecule has 1 saturated heterocycles. The van der Waals surface area contributed by atoms with Crippen LogP contribution in [0.1, 0.15) is 24.2 Å². The standard InChI is InChI=1S/C14H19N3O4S/c1-10(2)16-14(19)11-4-3-5-12(8-11)22(20,21)17-7-6-15-13(18)9-17/h3-5,8,10H,6-7,9H2,1-2H3,(H,15,18)(H,16,19). The molecule has 0 atom stereocenters. The monoisotopic (exact) mass is 325 g/mol. The van der Waals surface area contributed by atoms with Gasteiger partial charge >= 0.3 is 0 Å². The molecule has 0 aliphatic carbocycles. The average molecular weight is 325 g/mol. The minimum absolute atomic E-state index is 0.0126. The van der Waals surface area contributed by atoms with Gasteiger partial charge in [-0.05, 0) is 32.0 Å². The molecule has 1 heterocycles. The van der Waals surface area contributed by atoms with Gasteiger partial charge in [0.15, 0.2) is 0 Å². The highest BCUT2D eigenvalue weighted by Crippen LogP contribution is 2.18. The molecule has 0 spiro atoms. The average Bonchev–Trinajstić information content (AvgIpc) is 2.46. The third-order valence-electron chi connectivity index (χ3n) is 3.16. The zero-order valence-electron chi connectivity index (χ0n) is 12.5. The number of rotatable bonds is 4. The van der Waals surface area contributed by atoms with E-state index in [0.717, 1.165) is 4.31 Å². The summed E-state index contributed by atoms with van der Waals surface area (Å²) in [6.45, 7) is 3.95. The van der Waals surface area contributed by atoms with Crippen molar-refractivity contribution in [1.29, 1.82) is 0 Å². The summed E-state index contributed by atoms with van der Waals surface area (Å²) in [6, 6.07) is 5.79. The highest BCUT2D eigenvalue weighted by molar-refractivity contribution is 7.89. The number of sulfonamides is 1. The van der Waals surface area contributed by atoms with E-state index < -0.39 is 10.0 Å². The van der Waals surface area contributed by atoms with Crippen LogP contribution < -0.4 is 10.6 Å². The summed E-state index contributed by atoms with van der Waals surface area (Å²) < 4.78 is 26.2. The second kappa shape index (κ2) is 6.45. The van der Waals surface area contributed by atoms with E-state index in [-0.39, 0.29) is 47.9 Å². The lowest BCUT2D eigenvalue weighted by molar-refractivity contribution is -0.122. The number of nitrogens with zero attached hydrogens (tertiary/aromatic N) is 1. The van der Waals surface area contributed by atoms with Gasteiger partial charge in [0.1, 0.15) is 0 Å². The van der Waals surface area contributed by atoms with E-state index in [9.17, 15) is 18.0 Å². The molecular weight excluding hydrogens is 306 g/mol. The van der Waals surface area contributed by atoms with Crippen molar-refractivity contribution in [3.8, 4) is 0 Å². The quantitative estimate of drug-likeness (QED) is 0.811. The molecule has 0 aromatic heterocycles. The van der Waals surface area contributed by atoms with Crippen molar-refractivity contribution in [3.05, 3.63) is 29.8 Å². The van der Waals surface area contributed by atoms with Crippen LogP contribution in [0.5, 0.6) is 0 Å². The number of nitrogens with one attached hydrogen (secondary N) is 2. The fraction of sp³-hybridized carbons (Fsp3) is 0.429. The number of benzene rings is 1. The number of carbonyl (C=O) groups is 2. The summed E-state index contributed by atoms with van der Waals surface area (Å²) in [5, 5.41) is 5.29. The van der Waals surface area contributed by atoms with Crippen molar-refractivity contribution in [2.45, 2.75) is 24.8 Å². The summed E-state index contributed by atoms with van der Waals surface area (Å²) in [6.07, 6.45) is 0. The first-order valence-electron chi connectivity index (χ1n) is 6.98. The van der Waals surface area contributed by atoms with Gasteiger partial charge in [0.2, 0.25) is 15.9 Å². The maximum absolute atomic E-state index is 12.5. The molecule has 22 heavy (non-hydrogen) atoms. The smallest absolute Gasteiger partial charge is 0.251 e. The van der Waals surface area contributed by atoms with E-state index in [2.05, 4.69) is 10.6 Å². The van der Waals surface area contributed by atoms with Crippen LogP contribution in [0.4, 0.5) is 0 Å². The van der Waals surface area contributed by atoms with Crippen molar-refractivity contribution in [2.75, 3.05) is 19.6 Å². The lowest BCUT2D eigenvalue weighted by Crippen LogP contribution is -2.49. The highest BCUT2D eigenvalue weighted by Gasteiger charge is 2.29. The molecule has 0 unspecified atom stereocenters. The van der Waals surface area contributed by atoms with E-state index in [4.69, 9.17) is 0 Å². The Labute approximate surface area is 129 Å². The number of hydrogen-bond donors (Lipinski definition) is 2. The molecule has 1 fully saturated rings. The van der Waals surface area contributed by atoms with E-state index in [1.165, 1.54) is 18.2 Å². The first kappa shape index (κ1) is 16.4. The van der Waals surface area contributed by atoms with Crippen LogP contribution in [0.25, 0.3) is 0 Å². The highest BCUT2D eigenvalue weighted by atomic mass is 32.2. The fourth-order valence-corrected chi connectivity index (χ4v) is 3.56. The van der Waals surface area contributed by atoms with E-state index in [1.807, 2.05) is 13.8 Å². The predicted octanol–water partition coefficient (Wildman–Crippen LogP) is -0.0547. The molecule has 2 amide bonds. The summed E-state index contributed by atoms with van der Waals surface area (Å²) >= 11 is 0. The molecule has 8 heteroatoms. The molecule has 2 rings (SSSR count). The second-order valence-electron chi connectivity index (χ2n) is 5.34. The van der Waals surface area contributed by atoms with E-state index in [1.54, 1.807) is 6.07 Å². The van der Waals surface area contributed by atoms with Crippen LogP contribution >= 0.6 is 0 Å². The molecule has 0 bridgehead atoms. The van der Waals surface area contributed by atoms with Crippen LogP contribution in [0.15, 0.2) is 29.2 Å². The molecule has 1 aliphatic rings. The van der Waals surface area contributed by atoms with Crippen LogP contribution in [0.3, 0.4) is 0 Å². The van der Waals surface area contributed by atoms with Gasteiger partial charge in [0.25, 0.3) is 5.91 Å². The Morgan fingerprint density at radius 3 is 2.73 bits per heavy atom. The number of carbonyl (C=O) groups excluding carboxylic acids is 2. The van der Waals surface area contributed by atoms with Gasteiger partial charge in [-0.2, -0.15) is 4.31 Å². The molecule has 2 N–H and O–H groups in total. The van der Waals surface area contributed by atoms with Gasteiger partial charge in [-0.25, -0.2) is 8.42 Å². The Morgan fingerprint density at radius 2 is 2.09 bits per heavy atom. The van der Waals surface area contributed by atoms with Crippen molar-refractivity contribution in [1.82, 2.24) is 14.9 Å². The molecule has 0 radical (unpaired) electrons. The zero-order chi connectivity index (χ0) is 16.3. The molecular formula is C14H19N3O4S. The topological polar surface area (TPSA) is 95.6 Å². The van der Waals surface area contributed by atoms with Crippen molar-refractivity contribution in [3.63, 3.8) is 0 Å². The third kappa shape index (κ3) is 3.63. The van der Waals surface area contributed by atoms with Gasteiger partial charge < -0.3 is 10.6 Å². The van der Waals surface area contributed by atoms with Crippen LogP contribution in [0.2, 0.25) is 0 Å². The predicted molar refractivity (Wildman–Crippen MR) is 80.8 cm³/mol. The molecule has 0 saturated carbocycles. The molecule has 1 aliphatic heterocycles. The Balaban J connectivity index is 2.28. The van der Waals surface area contributed by atoms with Crippen molar-refractivity contribution in [2.24, 2.45) is 0 Å². The summed E-state index contributed by atoms with van der Waals surface area (Å²) in [5.41, 5.74) is 0.274. The lowest BCUT2D eigenvalue weighted by Gasteiger charge is -2.26. The maximum atomic E-state index is 12.5. The largest absolute Gasteiger partial charge is 0.354 e. The van der Waals surface area contributed by atoms with Gasteiger partial charge in [0, 0.05) is 24.7 Å². The van der Waals surface area contributed by atoms with E-state index >= 15 is 0 Å². The Kier molecular flexibility index (Phi) is 4.82. The zero-order valence-corrected chi connectivity index (χ0v) is 13.3.